The number of nitrogens with one attached hydrogen (secondary N) is 1. The van der Waals surface area contributed by atoms with Crippen molar-refractivity contribution >= 4 is 11.6 Å². The molecular formula is C11H15N5O2. The second kappa shape index (κ2) is 5.01. The van der Waals surface area contributed by atoms with E-state index in [0.29, 0.717) is 18.1 Å². The summed E-state index contributed by atoms with van der Waals surface area (Å²) in [6.07, 6.45) is 3.27. The Bertz CT molecular complexity index is 558. The van der Waals surface area contributed by atoms with Crippen LogP contribution < -0.4 is 5.32 Å². The van der Waals surface area contributed by atoms with Crippen LogP contribution in [-0.4, -0.2) is 32.6 Å². The van der Waals surface area contributed by atoms with Crippen molar-refractivity contribution in [3.05, 3.63) is 29.8 Å². The molecule has 0 saturated carbocycles. The maximum atomic E-state index is 12.0. The molecule has 1 amide bonds. The lowest BCUT2D eigenvalue weighted by molar-refractivity contribution is 0.101. The van der Waals surface area contributed by atoms with Crippen LogP contribution in [0.4, 0.5) is 5.69 Å². The van der Waals surface area contributed by atoms with Crippen molar-refractivity contribution in [3.63, 3.8) is 0 Å². The minimum Gasteiger partial charge on any atom is -0.362 e. The van der Waals surface area contributed by atoms with Gasteiger partial charge in [-0.25, -0.2) is 4.68 Å². The van der Waals surface area contributed by atoms with Crippen LogP contribution in [0.1, 0.15) is 16.2 Å². The van der Waals surface area contributed by atoms with Crippen LogP contribution in [0, 0.1) is 6.92 Å². The van der Waals surface area contributed by atoms with Crippen LogP contribution in [0.5, 0.6) is 0 Å². The summed E-state index contributed by atoms with van der Waals surface area (Å²) in [6.45, 7) is 2.19. The first-order chi connectivity index (χ1) is 8.60. The third-order valence-corrected chi connectivity index (χ3v) is 2.39. The van der Waals surface area contributed by atoms with Gasteiger partial charge in [-0.05, 0) is 13.0 Å². The normalized spacial score (nSPS) is 10.6. The van der Waals surface area contributed by atoms with E-state index in [1.54, 1.807) is 42.0 Å². The Balaban J connectivity index is 2.08. The van der Waals surface area contributed by atoms with Crippen LogP contribution in [0.2, 0.25) is 0 Å². The number of ether oxygens (including phenoxy) is 1. The standard InChI is InChI=1S/C11H15N5O2/c1-8-4-10(15(2)14-8)11(17)13-9-5-12-16(6-9)7-18-3/h4-6H,7H2,1-3H3,(H,13,17). The highest BCUT2D eigenvalue weighted by Gasteiger charge is 2.12. The smallest absolute Gasteiger partial charge is 0.274 e. The van der Waals surface area contributed by atoms with Gasteiger partial charge in [0.15, 0.2) is 0 Å². The molecule has 2 heterocycles. The van der Waals surface area contributed by atoms with Crippen molar-refractivity contribution in [1.29, 1.82) is 0 Å². The van der Waals surface area contributed by atoms with Crippen LogP contribution in [0.3, 0.4) is 0 Å². The molecule has 1 N–H and O–H groups in total. The Morgan fingerprint density at radius 1 is 1.56 bits per heavy atom. The molecular weight excluding hydrogens is 234 g/mol. The van der Waals surface area contributed by atoms with Gasteiger partial charge in [0, 0.05) is 14.2 Å². The maximum Gasteiger partial charge on any atom is 0.274 e. The minimum atomic E-state index is -0.213. The molecule has 7 nitrogen and oxygen atoms in total. The molecule has 0 fully saturated rings. The molecule has 18 heavy (non-hydrogen) atoms. The number of anilines is 1. The third-order valence-electron chi connectivity index (χ3n) is 2.39. The molecule has 0 unspecified atom stereocenters. The van der Waals surface area contributed by atoms with Gasteiger partial charge in [0.1, 0.15) is 12.4 Å². The van der Waals surface area contributed by atoms with Crippen molar-refractivity contribution < 1.29 is 9.53 Å². The van der Waals surface area contributed by atoms with Gasteiger partial charge in [-0.3, -0.25) is 9.48 Å². The molecule has 0 aliphatic rings. The second-order valence-electron chi connectivity index (χ2n) is 3.93. The summed E-state index contributed by atoms with van der Waals surface area (Å²) >= 11 is 0. The lowest BCUT2D eigenvalue weighted by atomic mass is 10.3. The fourth-order valence-electron chi connectivity index (χ4n) is 1.65. The number of hydrogen-bond donors (Lipinski definition) is 1. The van der Waals surface area contributed by atoms with E-state index < -0.39 is 0 Å². The highest BCUT2D eigenvalue weighted by molar-refractivity contribution is 6.02. The van der Waals surface area contributed by atoms with E-state index in [4.69, 9.17) is 4.74 Å². The molecule has 2 aromatic heterocycles. The molecule has 0 aliphatic heterocycles. The summed E-state index contributed by atoms with van der Waals surface area (Å²) in [5.74, 6) is -0.213. The number of carbonyl (C=O) groups is 1. The Labute approximate surface area is 104 Å². The number of nitrogens with zero attached hydrogens (tertiary/aromatic N) is 4. The summed E-state index contributed by atoms with van der Waals surface area (Å²) in [4.78, 5) is 12.0. The van der Waals surface area contributed by atoms with Crippen molar-refractivity contribution in [2.75, 3.05) is 12.4 Å². The summed E-state index contributed by atoms with van der Waals surface area (Å²) < 4.78 is 8.06. The lowest BCUT2D eigenvalue weighted by Crippen LogP contribution is -2.15. The number of aryl methyl sites for hydroxylation is 2. The molecule has 96 valence electrons. The van der Waals surface area contributed by atoms with Crippen LogP contribution in [0.25, 0.3) is 0 Å². The highest BCUT2D eigenvalue weighted by Crippen LogP contribution is 2.09. The zero-order chi connectivity index (χ0) is 13.1. The third kappa shape index (κ3) is 2.57. The van der Waals surface area contributed by atoms with Gasteiger partial charge in [0.05, 0.1) is 23.8 Å². The van der Waals surface area contributed by atoms with Crippen LogP contribution >= 0.6 is 0 Å². The maximum absolute atomic E-state index is 12.0. The summed E-state index contributed by atoms with van der Waals surface area (Å²) in [5.41, 5.74) is 1.93. The van der Waals surface area contributed by atoms with Gasteiger partial charge in [0.2, 0.25) is 0 Å². The molecule has 2 rings (SSSR count). The fraction of sp³-hybridized carbons (Fsp3) is 0.364. The molecule has 0 atom stereocenters. The number of aromatic nitrogens is 4. The Hall–Kier alpha value is -2.15. The lowest BCUT2D eigenvalue weighted by Gasteiger charge is -2.02. The number of amides is 1. The fourth-order valence-corrected chi connectivity index (χ4v) is 1.65. The molecule has 0 aromatic carbocycles. The Kier molecular flexibility index (Phi) is 3.42. The van der Waals surface area contributed by atoms with Gasteiger partial charge >= 0.3 is 0 Å². The summed E-state index contributed by atoms with van der Waals surface area (Å²) in [6, 6.07) is 1.73. The first-order valence-electron chi connectivity index (χ1n) is 5.43. The van der Waals surface area contributed by atoms with E-state index >= 15 is 0 Å². The highest BCUT2D eigenvalue weighted by atomic mass is 16.5. The van der Waals surface area contributed by atoms with E-state index in [0.717, 1.165) is 5.69 Å². The first-order valence-corrected chi connectivity index (χ1v) is 5.43. The van der Waals surface area contributed by atoms with Gasteiger partial charge in [0.25, 0.3) is 5.91 Å². The topological polar surface area (TPSA) is 74.0 Å². The van der Waals surface area contributed by atoms with E-state index in [-0.39, 0.29) is 5.91 Å². The molecule has 0 spiro atoms. The van der Waals surface area contributed by atoms with Gasteiger partial charge in [-0.15, -0.1) is 0 Å². The molecule has 0 bridgehead atoms. The predicted molar refractivity (Wildman–Crippen MR) is 65.1 cm³/mol. The zero-order valence-electron chi connectivity index (χ0n) is 10.5. The van der Waals surface area contributed by atoms with E-state index in [1.165, 1.54) is 0 Å². The predicted octanol–water partition coefficient (Wildman–Crippen LogP) is 0.781. The molecule has 0 saturated heterocycles. The molecule has 7 heteroatoms. The van der Waals surface area contributed by atoms with Crippen molar-refractivity contribution in [2.45, 2.75) is 13.7 Å². The number of methoxy groups -OCH3 is 1. The molecule has 0 radical (unpaired) electrons. The summed E-state index contributed by atoms with van der Waals surface area (Å²) in [7, 11) is 3.31. The van der Waals surface area contributed by atoms with Crippen molar-refractivity contribution in [3.8, 4) is 0 Å². The Morgan fingerprint density at radius 2 is 2.33 bits per heavy atom. The number of rotatable bonds is 4. The average molecular weight is 249 g/mol. The van der Waals surface area contributed by atoms with Gasteiger partial charge in [-0.2, -0.15) is 10.2 Å². The monoisotopic (exact) mass is 249 g/mol. The zero-order valence-corrected chi connectivity index (χ0v) is 10.5. The second-order valence-corrected chi connectivity index (χ2v) is 3.93. The molecule has 2 aromatic rings. The SMILES string of the molecule is COCn1cc(NC(=O)c2cc(C)nn2C)cn1. The largest absolute Gasteiger partial charge is 0.362 e. The van der Waals surface area contributed by atoms with E-state index in [2.05, 4.69) is 15.5 Å². The number of carbonyl (C=O) groups excluding carboxylic acids is 1. The Morgan fingerprint density at radius 3 is 2.94 bits per heavy atom. The minimum absolute atomic E-state index is 0.213. The quantitative estimate of drug-likeness (QED) is 0.869. The average Bonchev–Trinajstić information content (AvgIpc) is 2.86. The number of hydrogen-bond acceptors (Lipinski definition) is 4. The first kappa shape index (κ1) is 12.3. The van der Waals surface area contributed by atoms with Gasteiger partial charge < -0.3 is 10.1 Å². The van der Waals surface area contributed by atoms with Crippen molar-refractivity contribution in [2.24, 2.45) is 7.05 Å². The van der Waals surface area contributed by atoms with E-state index in [9.17, 15) is 4.79 Å². The van der Waals surface area contributed by atoms with Crippen LogP contribution in [0.15, 0.2) is 18.5 Å². The summed E-state index contributed by atoms with van der Waals surface area (Å²) in [5, 5.41) is 10.9. The van der Waals surface area contributed by atoms with Crippen molar-refractivity contribution in [1.82, 2.24) is 19.6 Å². The molecule has 0 aliphatic carbocycles. The van der Waals surface area contributed by atoms with Gasteiger partial charge in [-0.1, -0.05) is 0 Å². The van der Waals surface area contributed by atoms with E-state index in [1.807, 2.05) is 6.92 Å². The van der Waals surface area contributed by atoms with Crippen LogP contribution in [-0.2, 0) is 18.5 Å².